The number of hydrogen-bond donors (Lipinski definition) is 0. The Bertz CT molecular complexity index is 1640. The maximum atomic E-state index is 13.0. The molecule has 1 saturated heterocycles. The van der Waals surface area contributed by atoms with Gasteiger partial charge in [-0.2, -0.15) is 4.98 Å². The van der Waals surface area contributed by atoms with Gasteiger partial charge in [0.05, 0.1) is 7.11 Å². The van der Waals surface area contributed by atoms with E-state index in [1.165, 1.54) is 5.56 Å². The monoisotopic (exact) mass is 549 g/mol. The maximum absolute atomic E-state index is 13.0. The van der Waals surface area contributed by atoms with Crippen LogP contribution in [0.1, 0.15) is 28.5 Å². The Morgan fingerprint density at radius 1 is 0.975 bits per heavy atom. The van der Waals surface area contributed by atoms with Gasteiger partial charge >= 0.3 is 0 Å². The van der Waals surface area contributed by atoms with Crippen molar-refractivity contribution in [2.24, 2.45) is 0 Å². The van der Waals surface area contributed by atoms with Crippen molar-refractivity contribution < 1.29 is 14.3 Å². The number of likely N-dealkylation sites (tertiary alicyclic amines) is 1. The van der Waals surface area contributed by atoms with Crippen LogP contribution in [0.5, 0.6) is 17.4 Å². The van der Waals surface area contributed by atoms with Gasteiger partial charge in [0.2, 0.25) is 11.8 Å². The molecule has 40 heavy (non-hydrogen) atoms. The van der Waals surface area contributed by atoms with Crippen molar-refractivity contribution in [1.29, 1.82) is 0 Å². The molecule has 1 fully saturated rings. The average molecular weight is 550 g/mol. The second-order valence-electron chi connectivity index (χ2n) is 9.58. The van der Waals surface area contributed by atoms with Crippen molar-refractivity contribution in [3.05, 3.63) is 101 Å². The summed E-state index contributed by atoms with van der Waals surface area (Å²) < 4.78 is 11.7. The summed E-state index contributed by atoms with van der Waals surface area (Å²) in [4.78, 5) is 23.8. The van der Waals surface area contributed by atoms with Gasteiger partial charge in [0.1, 0.15) is 21.5 Å². The normalized spacial score (nSPS) is 14.9. The van der Waals surface area contributed by atoms with Crippen LogP contribution in [0, 0.1) is 6.92 Å². The van der Waals surface area contributed by atoms with Crippen LogP contribution in [-0.2, 0) is 11.3 Å². The quantitative estimate of drug-likeness (QED) is 0.225. The zero-order valence-corrected chi connectivity index (χ0v) is 23.0. The van der Waals surface area contributed by atoms with Crippen molar-refractivity contribution in [1.82, 2.24) is 25.1 Å². The van der Waals surface area contributed by atoms with Crippen molar-refractivity contribution in [2.75, 3.05) is 13.7 Å². The van der Waals surface area contributed by atoms with E-state index in [9.17, 15) is 4.79 Å². The van der Waals surface area contributed by atoms with Crippen LogP contribution >= 0.6 is 11.3 Å². The first kappa shape index (κ1) is 25.6. The SMILES string of the molecule is COc1ccnc(-c2ccc(CN3C[C@H](c4ccccc4)CC3=O)c(Oc3ccc(-c4nnc(C)s4)cc3)c2)n1. The van der Waals surface area contributed by atoms with Crippen molar-refractivity contribution in [3.8, 4) is 39.3 Å². The fraction of sp³-hybridized carbons (Fsp3) is 0.194. The molecule has 0 spiro atoms. The molecule has 9 heteroatoms. The molecule has 6 rings (SSSR count). The molecular weight excluding hydrogens is 522 g/mol. The minimum absolute atomic E-state index is 0.136. The lowest BCUT2D eigenvalue weighted by Gasteiger charge is -2.20. The number of carbonyl (C=O) groups is 1. The first-order valence-electron chi connectivity index (χ1n) is 13.0. The summed E-state index contributed by atoms with van der Waals surface area (Å²) in [5.41, 5.74) is 3.85. The maximum Gasteiger partial charge on any atom is 0.223 e. The topological polar surface area (TPSA) is 90.3 Å². The lowest BCUT2D eigenvalue weighted by atomic mass is 9.98. The second-order valence-corrected chi connectivity index (χ2v) is 10.8. The van der Waals surface area contributed by atoms with E-state index in [4.69, 9.17) is 9.47 Å². The number of aromatic nitrogens is 4. The number of ether oxygens (including phenoxy) is 2. The molecule has 0 aliphatic carbocycles. The van der Waals surface area contributed by atoms with E-state index in [0.29, 0.717) is 42.7 Å². The van der Waals surface area contributed by atoms with E-state index in [1.54, 1.807) is 30.7 Å². The molecule has 5 aromatic rings. The third-order valence-electron chi connectivity index (χ3n) is 6.87. The summed E-state index contributed by atoms with van der Waals surface area (Å²) >= 11 is 1.55. The Kier molecular flexibility index (Phi) is 7.20. The smallest absolute Gasteiger partial charge is 0.223 e. The van der Waals surface area contributed by atoms with Gasteiger partial charge in [0, 0.05) is 54.4 Å². The van der Waals surface area contributed by atoms with Gasteiger partial charge in [0.25, 0.3) is 0 Å². The Balaban J connectivity index is 1.29. The van der Waals surface area contributed by atoms with Gasteiger partial charge in [-0.25, -0.2) is 4.98 Å². The van der Waals surface area contributed by atoms with Crippen molar-refractivity contribution in [3.63, 3.8) is 0 Å². The Hall–Kier alpha value is -4.63. The number of benzene rings is 3. The predicted molar refractivity (Wildman–Crippen MR) is 153 cm³/mol. The fourth-order valence-corrected chi connectivity index (χ4v) is 5.50. The lowest BCUT2D eigenvalue weighted by molar-refractivity contribution is -0.128. The first-order chi connectivity index (χ1) is 19.6. The molecule has 1 aliphatic heterocycles. The Labute approximate surface area is 236 Å². The molecule has 3 aromatic carbocycles. The Morgan fingerprint density at radius 2 is 1.77 bits per heavy atom. The van der Waals surface area contributed by atoms with Gasteiger partial charge in [-0.05, 0) is 42.8 Å². The summed E-state index contributed by atoms with van der Waals surface area (Å²) in [5.74, 6) is 2.63. The standard InChI is InChI=1S/C31H27N5O3S/c1-20-34-35-31(40-20)22-10-12-26(13-11-22)39-27-16-23(30-32-15-14-28(33-30)38-2)8-9-24(27)18-36-19-25(17-29(36)37)21-6-4-3-5-7-21/h3-16,25H,17-19H2,1-2H3/t25-/m1/s1. The van der Waals surface area contributed by atoms with Gasteiger partial charge in [0.15, 0.2) is 5.82 Å². The number of carbonyl (C=O) groups excluding carboxylic acids is 1. The molecule has 0 radical (unpaired) electrons. The van der Waals surface area contributed by atoms with E-state index in [-0.39, 0.29) is 11.8 Å². The molecule has 0 unspecified atom stereocenters. The number of rotatable bonds is 8. The summed E-state index contributed by atoms with van der Waals surface area (Å²) in [6.07, 6.45) is 2.17. The highest BCUT2D eigenvalue weighted by Crippen LogP contribution is 2.35. The molecule has 200 valence electrons. The van der Waals surface area contributed by atoms with Crippen LogP contribution in [0.2, 0.25) is 0 Å². The molecule has 0 bridgehead atoms. The highest BCUT2D eigenvalue weighted by molar-refractivity contribution is 7.14. The number of hydrogen-bond acceptors (Lipinski definition) is 8. The molecule has 3 heterocycles. The van der Waals surface area contributed by atoms with Crippen molar-refractivity contribution >= 4 is 17.2 Å². The van der Waals surface area contributed by atoms with Crippen LogP contribution in [0.3, 0.4) is 0 Å². The third kappa shape index (κ3) is 5.55. The van der Waals surface area contributed by atoms with Crippen LogP contribution in [0.25, 0.3) is 22.0 Å². The van der Waals surface area contributed by atoms with Gasteiger partial charge in [-0.1, -0.05) is 53.8 Å². The third-order valence-corrected chi connectivity index (χ3v) is 7.75. The molecule has 8 nitrogen and oxygen atoms in total. The zero-order chi connectivity index (χ0) is 27.5. The molecule has 0 N–H and O–H groups in total. The van der Waals surface area contributed by atoms with E-state index in [1.807, 2.05) is 72.5 Å². The summed E-state index contributed by atoms with van der Waals surface area (Å²) in [5, 5.41) is 10.1. The number of nitrogens with zero attached hydrogens (tertiary/aromatic N) is 5. The fourth-order valence-electron chi connectivity index (χ4n) is 4.80. The molecule has 0 saturated carbocycles. The minimum Gasteiger partial charge on any atom is -0.481 e. The van der Waals surface area contributed by atoms with Crippen LogP contribution in [0.15, 0.2) is 85.1 Å². The molecule has 1 aliphatic rings. The average Bonchev–Trinajstić information content (AvgIpc) is 3.60. The highest BCUT2D eigenvalue weighted by atomic mass is 32.1. The van der Waals surface area contributed by atoms with Crippen LogP contribution in [-0.4, -0.2) is 44.6 Å². The molecule has 1 atom stereocenters. The summed E-state index contributed by atoms with van der Waals surface area (Å²) in [7, 11) is 1.58. The van der Waals surface area contributed by atoms with Crippen LogP contribution in [0.4, 0.5) is 0 Å². The number of methoxy groups -OCH3 is 1. The lowest BCUT2D eigenvalue weighted by Crippen LogP contribution is -2.24. The molecule has 1 amide bonds. The molecule has 2 aromatic heterocycles. The minimum atomic E-state index is 0.136. The number of aryl methyl sites for hydroxylation is 1. The van der Waals surface area contributed by atoms with Gasteiger partial charge in [-0.3, -0.25) is 4.79 Å². The molecular formula is C31H27N5O3S. The largest absolute Gasteiger partial charge is 0.481 e. The first-order valence-corrected chi connectivity index (χ1v) is 13.8. The van der Waals surface area contributed by atoms with E-state index in [2.05, 4.69) is 32.3 Å². The van der Waals surface area contributed by atoms with E-state index in [0.717, 1.165) is 26.7 Å². The van der Waals surface area contributed by atoms with Gasteiger partial charge in [-0.15, -0.1) is 10.2 Å². The van der Waals surface area contributed by atoms with E-state index < -0.39 is 0 Å². The highest BCUT2D eigenvalue weighted by Gasteiger charge is 2.31. The van der Waals surface area contributed by atoms with Crippen LogP contribution < -0.4 is 9.47 Å². The van der Waals surface area contributed by atoms with Crippen molar-refractivity contribution in [2.45, 2.75) is 25.8 Å². The Morgan fingerprint density at radius 3 is 2.52 bits per heavy atom. The van der Waals surface area contributed by atoms with E-state index >= 15 is 0 Å². The zero-order valence-electron chi connectivity index (χ0n) is 22.2. The van der Waals surface area contributed by atoms with Gasteiger partial charge < -0.3 is 14.4 Å². The number of amides is 1. The summed E-state index contributed by atoms with van der Waals surface area (Å²) in [6.45, 7) is 3.05. The second kappa shape index (κ2) is 11.2. The summed E-state index contributed by atoms with van der Waals surface area (Å²) in [6, 6.07) is 25.5. The predicted octanol–water partition coefficient (Wildman–Crippen LogP) is 6.29.